The Balaban J connectivity index is -0.000000285. The van der Waals surface area contributed by atoms with E-state index in [4.69, 9.17) is 0 Å². The summed E-state index contributed by atoms with van der Waals surface area (Å²) in [5.74, 6) is -4.23. The van der Waals surface area contributed by atoms with E-state index >= 15 is 0 Å². The minimum Gasteiger partial charge on any atom is -0.462 e. The maximum Gasteiger partial charge on any atom is 3.00 e. The summed E-state index contributed by atoms with van der Waals surface area (Å²) in [6.07, 6.45) is -0.767. The summed E-state index contributed by atoms with van der Waals surface area (Å²) in [6.45, 7) is 18.3. The van der Waals surface area contributed by atoms with Crippen LogP contribution in [-0.4, -0.2) is 92.8 Å². The van der Waals surface area contributed by atoms with Gasteiger partial charge in [0.25, 0.3) is 0 Å². The number of carbonyl (C=O) groups excluding carboxylic acids is 9. The van der Waals surface area contributed by atoms with Crippen molar-refractivity contribution in [3.8, 4) is 0 Å². The molecule has 0 aromatic rings. The van der Waals surface area contributed by atoms with Gasteiger partial charge in [0, 0.05) is 16.7 Å². The quantitative estimate of drug-likeness (QED) is 0.0639. The predicted molar refractivity (Wildman–Crippen MR) is 156 cm³/mol. The van der Waals surface area contributed by atoms with E-state index in [0.717, 1.165) is 0 Å². The third-order valence-corrected chi connectivity index (χ3v) is 3.96. The molecule has 0 aliphatic rings. The average Bonchev–Trinajstić information content (AvgIpc) is 2.90. The topological polar surface area (TPSA) is 209 Å². The Hall–Kier alpha value is -3.60. The zero-order valence-corrected chi connectivity index (χ0v) is 30.3. The Morgan fingerprint density at radius 3 is 0.696 bits per heavy atom. The number of hydrogen-bond acceptors (Lipinski definition) is 15. The van der Waals surface area contributed by atoms with Crippen molar-refractivity contribution in [2.75, 3.05) is 39.6 Å². The molecular formula is C30H42NdO15+3. The minimum absolute atomic E-state index is 0. The van der Waals surface area contributed by atoms with Gasteiger partial charge in [-0.3, -0.25) is 28.8 Å². The first-order valence-corrected chi connectivity index (χ1v) is 13.2. The number of ketones is 3. The summed E-state index contributed by atoms with van der Waals surface area (Å²) in [6, 6.07) is 0. The van der Waals surface area contributed by atoms with Crippen molar-refractivity contribution in [2.45, 2.75) is 60.8 Å². The summed E-state index contributed by atoms with van der Waals surface area (Å²) >= 11 is 0. The van der Waals surface area contributed by atoms with Gasteiger partial charge in [0.05, 0.1) is 0 Å². The molecule has 16 heteroatoms. The van der Waals surface area contributed by atoms with Gasteiger partial charge in [-0.1, -0.05) is 19.7 Å². The summed E-state index contributed by atoms with van der Waals surface area (Å²) in [5, 5.41) is 0. The smallest absolute Gasteiger partial charge is 0.462 e. The fraction of sp³-hybridized carbons (Fsp3) is 0.500. The molecule has 0 bridgehead atoms. The van der Waals surface area contributed by atoms with E-state index in [-0.39, 0.29) is 134 Å². The number of hydrogen-bond donors (Lipinski definition) is 0. The van der Waals surface area contributed by atoms with E-state index in [0.29, 0.717) is 0 Å². The van der Waals surface area contributed by atoms with Crippen LogP contribution in [-0.2, 0) is 71.6 Å². The third-order valence-electron chi connectivity index (χ3n) is 3.96. The fourth-order valence-electron chi connectivity index (χ4n) is 2.00. The molecular weight excluding hydrogens is 745 g/mol. The second-order valence-electron chi connectivity index (χ2n) is 9.05. The molecule has 0 atom stereocenters. The summed E-state index contributed by atoms with van der Waals surface area (Å²) in [4.78, 5) is 96.5. The number of esters is 6. The molecule has 253 valence electrons. The zero-order valence-electron chi connectivity index (χ0n) is 27.1. The summed E-state index contributed by atoms with van der Waals surface area (Å²) < 4.78 is 27.8. The van der Waals surface area contributed by atoms with Crippen LogP contribution in [0.4, 0.5) is 0 Å². The molecule has 0 saturated heterocycles. The Bertz CT molecular complexity index is 983. The molecule has 15 nitrogen and oxygen atoms in total. The van der Waals surface area contributed by atoms with Crippen molar-refractivity contribution in [3.05, 3.63) is 36.5 Å². The van der Waals surface area contributed by atoms with Crippen molar-refractivity contribution in [3.63, 3.8) is 0 Å². The summed E-state index contributed by atoms with van der Waals surface area (Å²) in [7, 11) is 0. The van der Waals surface area contributed by atoms with Crippen LogP contribution in [0.3, 0.4) is 0 Å². The maximum atomic E-state index is 10.8. The van der Waals surface area contributed by atoms with Crippen LogP contribution in [0.15, 0.2) is 36.5 Å². The molecule has 0 saturated carbocycles. The second-order valence-corrected chi connectivity index (χ2v) is 9.05. The third kappa shape index (κ3) is 36.6. The van der Waals surface area contributed by atoms with Gasteiger partial charge in [-0.15, -0.1) is 0 Å². The Labute approximate surface area is 300 Å². The van der Waals surface area contributed by atoms with Crippen LogP contribution in [0, 0.1) is 40.8 Å². The van der Waals surface area contributed by atoms with Crippen LogP contribution in [0.1, 0.15) is 60.8 Å². The zero-order chi connectivity index (χ0) is 35.5. The molecule has 46 heavy (non-hydrogen) atoms. The number of rotatable bonds is 18. The van der Waals surface area contributed by atoms with Crippen LogP contribution in [0.25, 0.3) is 0 Å². The Kier molecular flexibility index (Phi) is 32.2. The molecule has 0 rings (SSSR count). The van der Waals surface area contributed by atoms with E-state index in [1.807, 2.05) is 0 Å². The average molecular weight is 787 g/mol. The van der Waals surface area contributed by atoms with Gasteiger partial charge in [-0.05, 0) is 41.5 Å². The van der Waals surface area contributed by atoms with Crippen molar-refractivity contribution >= 4 is 53.2 Å². The largest absolute Gasteiger partial charge is 3.00 e. The summed E-state index contributed by atoms with van der Waals surface area (Å²) in [5.41, 5.74) is 0.847. The van der Waals surface area contributed by atoms with E-state index < -0.39 is 35.8 Å². The van der Waals surface area contributed by atoms with Gasteiger partial charge in [-0.25, -0.2) is 14.4 Å². The van der Waals surface area contributed by atoms with Gasteiger partial charge in [0.2, 0.25) is 0 Å². The molecule has 0 unspecified atom stereocenters. The van der Waals surface area contributed by atoms with Crippen molar-refractivity contribution in [1.82, 2.24) is 0 Å². The molecule has 0 aromatic carbocycles. The molecule has 0 spiro atoms. The molecule has 0 N–H and O–H groups in total. The molecule has 0 aliphatic carbocycles. The predicted octanol–water partition coefficient (Wildman–Crippen LogP) is 1.88. The van der Waals surface area contributed by atoms with Crippen molar-refractivity contribution in [1.29, 1.82) is 0 Å². The van der Waals surface area contributed by atoms with Gasteiger partial charge < -0.3 is 28.4 Å². The maximum absolute atomic E-state index is 10.8. The van der Waals surface area contributed by atoms with Crippen molar-refractivity contribution < 1.29 is 112 Å². The van der Waals surface area contributed by atoms with E-state index in [1.165, 1.54) is 41.5 Å². The van der Waals surface area contributed by atoms with E-state index in [2.05, 4.69) is 48.2 Å². The van der Waals surface area contributed by atoms with Crippen molar-refractivity contribution in [2.24, 2.45) is 0 Å². The number of carbonyl (C=O) groups is 9. The van der Waals surface area contributed by atoms with Gasteiger partial charge in [-0.2, -0.15) is 0 Å². The van der Waals surface area contributed by atoms with E-state index in [1.54, 1.807) is 0 Å². The first kappa shape index (κ1) is 49.3. The first-order valence-electron chi connectivity index (χ1n) is 13.2. The Morgan fingerprint density at radius 1 is 0.370 bits per heavy atom. The standard InChI is InChI=1S/3C10H14O5.Nd/c3*1-7(2)10(13)15-5-4-14-9(12)6-8(3)11;/h3*1,4-6H2,2-3H3;/q;;;+3. The number of ether oxygens (including phenoxy) is 6. The van der Waals surface area contributed by atoms with Gasteiger partial charge in [0.15, 0.2) is 0 Å². The first-order chi connectivity index (χ1) is 20.8. The van der Waals surface area contributed by atoms with Crippen LogP contribution < -0.4 is 0 Å². The van der Waals surface area contributed by atoms with Gasteiger partial charge in [0.1, 0.15) is 76.3 Å². The minimum atomic E-state index is -0.617. The molecule has 0 fully saturated rings. The van der Waals surface area contributed by atoms with Crippen LogP contribution in [0.5, 0.6) is 0 Å². The van der Waals surface area contributed by atoms with Gasteiger partial charge >= 0.3 is 76.7 Å². The number of Topliss-reactive ketones (excluding diaryl/α,β-unsaturated/α-hetero) is 3. The van der Waals surface area contributed by atoms with E-state index in [9.17, 15) is 43.2 Å². The molecule has 0 aromatic heterocycles. The normalized spacial score (nSPS) is 9.00. The molecule has 0 amide bonds. The molecule has 1 radical (unpaired) electrons. The second kappa shape index (κ2) is 30.1. The monoisotopic (exact) mass is 784 g/mol. The fourth-order valence-corrected chi connectivity index (χ4v) is 2.00. The van der Waals surface area contributed by atoms with Crippen LogP contribution >= 0.6 is 0 Å². The molecule has 0 aliphatic heterocycles. The Morgan fingerprint density at radius 2 is 0.543 bits per heavy atom. The van der Waals surface area contributed by atoms with Crippen LogP contribution in [0.2, 0.25) is 0 Å². The SMILES string of the molecule is C=C(C)C(=O)OCCOC(=O)CC(C)=O.C=C(C)C(=O)OCCOC(=O)CC(C)=O.C=C(C)C(=O)OCCOC(=O)CC(C)=O.[Nd+3]. The molecule has 0 heterocycles.